The number of nitrogens with one attached hydrogen (secondary N) is 1. The van der Waals surface area contributed by atoms with Crippen LogP contribution in [0.15, 0.2) is 18.6 Å². The van der Waals surface area contributed by atoms with Gasteiger partial charge in [-0.25, -0.2) is 9.97 Å². The predicted molar refractivity (Wildman–Crippen MR) is 64.0 cm³/mol. The lowest BCUT2D eigenvalue weighted by atomic mass is 10.2. The van der Waals surface area contributed by atoms with E-state index in [0.717, 1.165) is 31.9 Å². The maximum absolute atomic E-state index is 4.30. The molecule has 4 nitrogen and oxygen atoms in total. The summed E-state index contributed by atoms with van der Waals surface area (Å²) in [6.07, 6.45) is 5.90. The maximum Gasteiger partial charge on any atom is 0.115 e. The first-order valence-electron chi connectivity index (χ1n) is 6.10. The molecular formula is C12H20N4. The molecule has 16 heavy (non-hydrogen) atoms. The second kappa shape index (κ2) is 5.92. The van der Waals surface area contributed by atoms with Crippen molar-refractivity contribution in [1.82, 2.24) is 20.2 Å². The Hall–Kier alpha value is -1.00. The number of nitrogens with zero attached hydrogens (tertiary/aromatic N) is 3. The topological polar surface area (TPSA) is 41.1 Å². The minimum Gasteiger partial charge on any atom is -0.315 e. The van der Waals surface area contributed by atoms with Crippen molar-refractivity contribution in [2.24, 2.45) is 0 Å². The quantitative estimate of drug-likeness (QED) is 0.805. The molecule has 0 radical (unpaired) electrons. The molecule has 1 aliphatic heterocycles. The Morgan fingerprint density at radius 1 is 1.56 bits per heavy atom. The summed E-state index contributed by atoms with van der Waals surface area (Å²) in [5.74, 6) is 0. The highest BCUT2D eigenvalue weighted by Crippen LogP contribution is 2.12. The molecule has 0 saturated carbocycles. The first-order chi connectivity index (χ1) is 7.90. The largest absolute Gasteiger partial charge is 0.315 e. The molecule has 0 aromatic carbocycles. The molecule has 4 heteroatoms. The summed E-state index contributed by atoms with van der Waals surface area (Å²) >= 11 is 0. The first kappa shape index (κ1) is 11.5. The predicted octanol–water partition coefficient (Wildman–Crippen LogP) is 1.05. The lowest BCUT2D eigenvalue weighted by molar-refractivity contribution is 0.197. The lowest BCUT2D eigenvalue weighted by Crippen LogP contribution is -2.37. The second-order valence-electron chi connectivity index (χ2n) is 4.32. The van der Waals surface area contributed by atoms with Gasteiger partial charge in [-0.3, -0.25) is 4.90 Å². The van der Waals surface area contributed by atoms with Crippen LogP contribution in [0.3, 0.4) is 0 Å². The monoisotopic (exact) mass is 220 g/mol. The Bertz CT molecular complexity index is 295. The van der Waals surface area contributed by atoms with Crippen molar-refractivity contribution in [3.05, 3.63) is 24.3 Å². The van der Waals surface area contributed by atoms with Crippen LogP contribution in [0, 0.1) is 0 Å². The van der Waals surface area contributed by atoms with Gasteiger partial charge >= 0.3 is 0 Å². The lowest BCUT2D eigenvalue weighted by Gasteiger charge is -2.27. The number of hydrogen-bond acceptors (Lipinski definition) is 4. The van der Waals surface area contributed by atoms with E-state index in [1.807, 2.05) is 12.3 Å². The third-order valence-corrected chi connectivity index (χ3v) is 3.07. The first-order valence-corrected chi connectivity index (χ1v) is 6.10. The van der Waals surface area contributed by atoms with E-state index < -0.39 is 0 Å². The summed E-state index contributed by atoms with van der Waals surface area (Å²) in [5, 5.41) is 3.42. The molecule has 0 bridgehead atoms. The fourth-order valence-electron chi connectivity index (χ4n) is 2.25. The van der Waals surface area contributed by atoms with Crippen LogP contribution >= 0.6 is 0 Å². The van der Waals surface area contributed by atoms with Crippen molar-refractivity contribution in [2.45, 2.75) is 32.4 Å². The summed E-state index contributed by atoms with van der Waals surface area (Å²) in [7, 11) is 0. The minimum atomic E-state index is 0.676. The van der Waals surface area contributed by atoms with E-state index >= 15 is 0 Å². The molecule has 1 fully saturated rings. The van der Waals surface area contributed by atoms with Gasteiger partial charge in [-0.05, 0) is 32.0 Å². The van der Waals surface area contributed by atoms with Crippen LogP contribution in [0.1, 0.15) is 25.5 Å². The molecular weight excluding hydrogens is 200 g/mol. The van der Waals surface area contributed by atoms with Crippen molar-refractivity contribution in [3.8, 4) is 0 Å². The van der Waals surface area contributed by atoms with E-state index in [1.165, 1.54) is 12.8 Å². The molecule has 1 atom stereocenters. The third kappa shape index (κ3) is 3.00. The van der Waals surface area contributed by atoms with Gasteiger partial charge in [0.05, 0.1) is 5.69 Å². The molecule has 2 rings (SSSR count). The van der Waals surface area contributed by atoms with E-state index in [4.69, 9.17) is 0 Å². The van der Waals surface area contributed by atoms with Gasteiger partial charge in [0.25, 0.3) is 0 Å². The Morgan fingerprint density at radius 3 is 3.12 bits per heavy atom. The van der Waals surface area contributed by atoms with Gasteiger partial charge in [0.2, 0.25) is 0 Å². The van der Waals surface area contributed by atoms with Crippen LogP contribution in [0.25, 0.3) is 0 Å². The highest BCUT2D eigenvalue weighted by Gasteiger charge is 2.21. The molecule has 1 saturated heterocycles. The van der Waals surface area contributed by atoms with Gasteiger partial charge in [-0.2, -0.15) is 0 Å². The van der Waals surface area contributed by atoms with E-state index in [1.54, 1.807) is 6.33 Å². The normalized spacial score (nSPS) is 20.5. The Kier molecular flexibility index (Phi) is 4.25. The number of hydrogen-bond donors (Lipinski definition) is 1. The van der Waals surface area contributed by atoms with Crippen LogP contribution in [0.5, 0.6) is 0 Å². The van der Waals surface area contributed by atoms with Crippen LogP contribution < -0.4 is 5.32 Å². The van der Waals surface area contributed by atoms with Crippen LogP contribution in [-0.4, -0.2) is 40.5 Å². The molecule has 0 aliphatic carbocycles. The van der Waals surface area contributed by atoms with Crippen LogP contribution in [0.4, 0.5) is 0 Å². The number of rotatable bonds is 5. The van der Waals surface area contributed by atoms with Crippen molar-refractivity contribution in [3.63, 3.8) is 0 Å². The highest BCUT2D eigenvalue weighted by molar-refractivity contribution is 4.98. The molecule has 1 unspecified atom stereocenters. The smallest absolute Gasteiger partial charge is 0.115 e. The zero-order chi connectivity index (χ0) is 11.2. The van der Waals surface area contributed by atoms with Gasteiger partial charge in [-0.15, -0.1) is 0 Å². The fraction of sp³-hybridized carbons (Fsp3) is 0.667. The molecule has 1 aromatic heterocycles. The standard InChI is InChI=1S/C12H20N4/c1-2-7-16(12-4-6-13-8-12)9-11-3-5-14-10-15-11/h3,5,10,12-13H,2,4,6-9H2,1H3. The summed E-state index contributed by atoms with van der Waals surface area (Å²) in [5.41, 5.74) is 1.12. The van der Waals surface area contributed by atoms with Crippen LogP contribution in [-0.2, 0) is 6.54 Å². The Labute approximate surface area is 97.1 Å². The summed E-state index contributed by atoms with van der Waals surface area (Å²) in [4.78, 5) is 10.8. The Morgan fingerprint density at radius 2 is 2.50 bits per heavy atom. The zero-order valence-electron chi connectivity index (χ0n) is 9.89. The SMILES string of the molecule is CCCN(Cc1ccncn1)C1CCNC1. The summed E-state index contributed by atoms with van der Waals surface area (Å²) in [6.45, 7) is 6.59. The van der Waals surface area contributed by atoms with Gasteiger partial charge in [-0.1, -0.05) is 6.92 Å². The van der Waals surface area contributed by atoms with Gasteiger partial charge in [0.1, 0.15) is 6.33 Å². The van der Waals surface area contributed by atoms with E-state index in [-0.39, 0.29) is 0 Å². The van der Waals surface area contributed by atoms with E-state index in [9.17, 15) is 0 Å². The zero-order valence-corrected chi connectivity index (χ0v) is 9.89. The molecule has 0 amide bonds. The molecule has 1 N–H and O–H groups in total. The average Bonchev–Trinajstić information content (AvgIpc) is 2.83. The van der Waals surface area contributed by atoms with Crippen molar-refractivity contribution < 1.29 is 0 Å². The molecule has 2 heterocycles. The maximum atomic E-state index is 4.30. The van der Waals surface area contributed by atoms with E-state index in [2.05, 4.69) is 27.1 Å². The second-order valence-corrected chi connectivity index (χ2v) is 4.32. The summed E-state index contributed by atoms with van der Waals surface area (Å²) in [6, 6.07) is 2.68. The highest BCUT2D eigenvalue weighted by atomic mass is 15.2. The van der Waals surface area contributed by atoms with Crippen molar-refractivity contribution in [2.75, 3.05) is 19.6 Å². The molecule has 0 spiro atoms. The minimum absolute atomic E-state index is 0.676. The molecule has 1 aliphatic rings. The van der Waals surface area contributed by atoms with Gasteiger partial charge in [0.15, 0.2) is 0 Å². The third-order valence-electron chi connectivity index (χ3n) is 3.07. The van der Waals surface area contributed by atoms with Gasteiger partial charge < -0.3 is 5.32 Å². The number of aromatic nitrogens is 2. The van der Waals surface area contributed by atoms with Gasteiger partial charge in [0, 0.05) is 25.3 Å². The van der Waals surface area contributed by atoms with Crippen molar-refractivity contribution in [1.29, 1.82) is 0 Å². The molecule has 1 aromatic rings. The van der Waals surface area contributed by atoms with Crippen LogP contribution in [0.2, 0.25) is 0 Å². The van der Waals surface area contributed by atoms with Crippen molar-refractivity contribution >= 4 is 0 Å². The molecule has 88 valence electrons. The van der Waals surface area contributed by atoms with E-state index in [0.29, 0.717) is 6.04 Å². The average molecular weight is 220 g/mol. The fourth-order valence-corrected chi connectivity index (χ4v) is 2.25. The Balaban J connectivity index is 1.96. The summed E-state index contributed by atoms with van der Waals surface area (Å²) < 4.78 is 0.